The minimum absolute atomic E-state index is 0.0355. The van der Waals surface area contributed by atoms with E-state index in [1.54, 1.807) is 0 Å². The van der Waals surface area contributed by atoms with Crippen LogP contribution in [0.3, 0.4) is 0 Å². The largest absolute Gasteiger partial charge is 0.248 e. The molecular formula is C8H15ClF2. The summed E-state index contributed by atoms with van der Waals surface area (Å²) in [6.45, 7) is 3.39. The van der Waals surface area contributed by atoms with Crippen molar-refractivity contribution in [3.05, 3.63) is 0 Å². The van der Waals surface area contributed by atoms with Crippen LogP contribution in [0.25, 0.3) is 0 Å². The number of halogens is 3. The fourth-order valence-corrected chi connectivity index (χ4v) is 1.20. The molecule has 0 amide bonds. The summed E-state index contributed by atoms with van der Waals surface area (Å²) in [5.41, 5.74) is 0. The standard InChI is InChI=1S/C8H15ClF2/c1-3-7(6-9)5-8(10,11)4-2/h7H,3-6H2,1-2H3. The highest BCUT2D eigenvalue weighted by atomic mass is 35.5. The zero-order chi connectivity index (χ0) is 8.91. The van der Waals surface area contributed by atoms with E-state index in [1.807, 2.05) is 6.92 Å². The zero-order valence-corrected chi connectivity index (χ0v) is 7.80. The Kier molecular flexibility index (Phi) is 4.98. The maximum atomic E-state index is 12.7. The summed E-state index contributed by atoms with van der Waals surface area (Å²) in [4.78, 5) is 0. The fourth-order valence-electron chi connectivity index (χ4n) is 0.875. The molecule has 0 saturated carbocycles. The third-order valence-electron chi connectivity index (χ3n) is 1.90. The molecule has 0 heterocycles. The maximum absolute atomic E-state index is 12.7. The predicted molar refractivity (Wildman–Crippen MR) is 44.4 cm³/mol. The van der Waals surface area contributed by atoms with Crippen molar-refractivity contribution in [1.29, 1.82) is 0 Å². The van der Waals surface area contributed by atoms with E-state index in [0.29, 0.717) is 5.88 Å². The van der Waals surface area contributed by atoms with Gasteiger partial charge in [0.1, 0.15) is 0 Å². The normalized spacial score (nSPS) is 15.0. The summed E-state index contributed by atoms with van der Waals surface area (Å²) in [5, 5.41) is 0. The van der Waals surface area contributed by atoms with E-state index in [2.05, 4.69) is 0 Å². The lowest BCUT2D eigenvalue weighted by Gasteiger charge is -2.19. The molecule has 11 heavy (non-hydrogen) atoms. The molecule has 0 aliphatic heterocycles. The van der Waals surface area contributed by atoms with Crippen molar-refractivity contribution in [1.82, 2.24) is 0 Å². The molecule has 68 valence electrons. The average molecular weight is 185 g/mol. The van der Waals surface area contributed by atoms with E-state index in [0.717, 1.165) is 6.42 Å². The maximum Gasteiger partial charge on any atom is 0.248 e. The summed E-state index contributed by atoms with van der Waals surface area (Å²) in [6, 6.07) is 0. The Labute approximate surface area is 71.9 Å². The molecule has 0 aliphatic rings. The monoisotopic (exact) mass is 184 g/mol. The van der Waals surface area contributed by atoms with Crippen molar-refractivity contribution < 1.29 is 8.78 Å². The first kappa shape index (κ1) is 11.2. The van der Waals surface area contributed by atoms with Crippen molar-refractivity contribution in [3.8, 4) is 0 Å². The Morgan fingerprint density at radius 2 is 1.91 bits per heavy atom. The molecule has 1 atom stereocenters. The molecule has 0 aromatic carbocycles. The second kappa shape index (κ2) is 4.91. The third-order valence-corrected chi connectivity index (χ3v) is 2.34. The van der Waals surface area contributed by atoms with Gasteiger partial charge in [-0.05, 0) is 5.92 Å². The summed E-state index contributed by atoms with van der Waals surface area (Å²) in [5.74, 6) is -2.21. The Hall–Kier alpha value is 0.150. The van der Waals surface area contributed by atoms with Crippen LogP contribution in [-0.2, 0) is 0 Å². The molecule has 0 nitrogen and oxygen atoms in total. The van der Waals surface area contributed by atoms with Gasteiger partial charge in [0.25, 0.3) is 0 Å². The lowest BCUT2D eigenvalue weighted by atomic mass is 9.99. The minimum Gasteiger partial charge on any atom is -0.207 e. The van der Waals surface area contributed by atoms with Crippen LogP contribution in [-0.4, -0.2) is 11.8 Å². The Balaban J connectivity index is 3.79. The Morgan fingerprint density at radius 1 is 1.36 bits per heavy atom. The SMILES string of the molecule is CCC(CCl)CC(F)(F)CC. The van der Waals surface area contributed by atoms with Gasteiger partial charge in [-0.1, -0.05) is 20.3 Å². The molecule has 0 spiro atoms. The van der Waals surface area contributed by atoms with E-state index in [1.165, 1.54) is 6.92 Å². The van der Waals surface area contributed by atoms with E-state index >= 15 is 0 Å². The van der Waals surface area contributed by atoms with Gasteiger partial charge in [-0.3, -0.25) is 0 Å². The Morgan fingerprint density at radius 3 is 2.18 bits per heavy atom. The van der Waals surface area contributed by atoms with Crippen LogP contribution >= 0.6 is 11.6 Å². The van der Waals surface area contributed by atoms with Crippen molar-refractivity contribution in [2.75, 3.05) is 5.88 Å². The van der Waals surface area contributed by atoms with Crippen LogP contribution in [0, 0.1) is 5.92 Å². The molecule has 0 rings (SSSR count). The minimum atomic E-state index is -2.52. The first-order valence-corrected chi connectivity index (χ1v) is 4.53. The predicted octanol–water partition coefficient (Wildman–Crippen LogP) is 3.69. The topological polar surface area (TPSA) is 0 Å². The van der Waals surface area contributed by atoms with Crippen LogP contribution in [0.5, 0.6) is 0 Å². The number of hydrogen-bond donors (Lipinski definition) is 0. The molecule has 3 heteroatoms. The van der Waals surface area contributed by atoms with Crippen molar-refractivity contribution in [3.63, 3.8) is 0 Å². The van der Waals surface area contributed by atoms with Gasteiger partial charge < -0.3 is 0 Å². The van der Waals surface area contributed by atoms with Crippen molar-refractivity contribution >= 4 is 11.6 Å². The highest BCUT2D eigenvalue weighted by Crippen LogP contribution is 2.28. The van der Waals surface area contributed by atoms with Crippen LogP contribution in [0.1, 0.15) is 33.1 Å². The molecule has 0 aromatic heterocycles. The molecule has 0 saturated heterocycles. The smallest absolute Gasteiger partial charge is 0.207 e. The highest BCUT2D eigenvalue weighted by Gasteiger charge is 2.29. The van der Waals surface area contributed by atoms with Crippen LogP contribution in [0.2, 0.25) is 0 Å². The molecular weight excluding hydrogens is 170 g/mol. The van der Waals surface area contributed by atoms with Crippen LogP contribution in [0.4, 0.5) is 8.78 Å². The van der Waals surface area contributed by atoms with Crippen LogP contribution < -0.4 is 0 Å². The average Bonchev–Trinajstić information content (AvgIpc) is 2.00. The first-order chi connectivity index (χ1) is 5.05. The highest BCUT2D eigenvalue weighted by molar-refractivity contribution is 6.18. The molecule has 0 bridgehead atoms. The first-order valence-electron chi connectivity index (χ1n) is 3.99. The molecule has 0 fully saturated rings. The summed E-state index contributed by atoms with van der Waals surface area (Å²) < 4.78 is 25.4. The van der Waals surface area contributed by atoms with E-state index in [-0.39, 0.29) is 18.8 Å². The van der Waals surface area contributed by atoms with Gasteiger partial charge >= 0.3 is 0 Å². The second-order valence-corrected chi connectivity index (χ2v) is 3.15. The van der Waals surface area contributed by atoms with Crippen LogP contribution in [0.15, 0.2) is 0 Å². The van der Waals surface area contributed by atoms with Crippen molar-refractivity contribution in [2.45, 2.75) is 39.0 Å². The molecule has 1 unspecified atom stereocenters. The number of alkyl halides is 3. The van der Waals surface area contributed by atoms with Crippen molar-refractivity contribution in [2.24, 2.45) is 5.92 Å². The van der Waals surface area contributed by atoms with E-state index < -0.39 is 5.92 Å². The zero-order valence-electron chi connectivity index (χ0n) is 7.04. The second-order valence-electron chi connectivity index (χ2n) is 2.84. The van der Waals surface area contributed by atoms with Gasteiger partial charge in [-0.2, -0.15) is 0 Å². The van der Waals surface area contributed by atoms with Gasteiger partial charge in [0.15, 0.2) is 0 Å². The Bertz CT molecular complexity index is 100. The van der Waals surface area contributed by atoms with E-state index in [9.17, 15) is 8.78 Å². The van der Waals surface area contributed by atoms with Gasteiger partial charge in [0, 0.05) is 18.7 Å². The van der Waals surface area contributed by atoms with Gasteiger partial charge in [0.2, 0.25) is 5.92 Å². The molecule has 0 radical (unpaired) electrons. The molecule has 0 aromatic rings. The summed E-state index contributed by atoms with van der Waals surface area (Å²) in [6.07, 6.45) is 0.586. The summed E-state index contributed by atoms with van der Waals surface area (Å²) >= 11 is 5.50. The molecule has 0 N–H and O–H groups in total. The van der Waals surface area contributed by atoms with Gasteiger partial charge in [0.05, 0.1) is 0 Å². The van der Waals surface area contributed by atoms with Gasteiger partial charge in [-0.25, -0.2) is 8.78 Å². The summed E-state index contributed by atoms with van der Waals surface area (Å²) in [7, 11) is 0. The van der Waals surface area contributed by atoms with E-state index in [4.69, 9.17) is 11.6 Å². The lowest BCUT2D eigenvalue weighted by molar-refractivity contribution is -0.0244. The number of rotatable bonds is 5. The number of hydrogen-bond acceptors (Lipinski definition) is 0. The fraction of sp³-hybridized carbons (Fsp3) is 1.00. The third kappa shape index (κ3) is 4.57. The quantitative estimate of drug-likeness (QED) is 0.572. The lowest BCUT2D eigenvalue weighted by Crippen LogP contribution is -2.20. The molecule has 0 aliphatic carbocycles. The van der Waals surface area contributed by atoms with Gasteiger partial charge in [-0.15, -0.1) is 11.6 Å².